The fourth-order valence-electron chi connectivity index (χ4n) is 4.14. The number of hydrogen-bond donors (Lipinski definition) is 1. The average Bonchev–Trinajstić information content (AvgIpc) is 3.19. The van der Waals surface area contributed by atoms with Crippen molar-refractivity contribution in [3.63, 3.8) is 0 Å². The predicted molar refractivity (Wildman–Crippen MR) is 111 cm³/mol. The number of halogens is 1. The van der Waals surface area contributed by atoms with Gasteiger partial charge in [0, 0.05) is 37.7 Å². The van der Waals surface area contributed by atoms with Gasteiger partial charge in [-0.3, -0.25) is 4.79 Å². The summed E-state index contributed by atoms with van der Waals surface area (Å²) in [6.07, 6.45) is 3.08. The molecule has 0 atom stereocenters. The van der Waals surface area contributed by atoms with E-state index < -0.39 is 14.6 Å². The molecule has 156 valence electrons. The SMILES string of the molecule is CN1CCN(CCCNC(=O)C2(S(=O)(=O)c3ccc(Cl)cc3)CCCC2)CC1. The topological polar surface area (TPSA) is 69.7 Å². The third-order valence-corrected chi connectivity index (χ3v) is 8.76. The molecule has 0 aromatic heterocycles. The zero-order chi connectivity index (χ0) is 20.2. The van der Waals surface area contributed by atoms with Crippen LogP contribution < -0.4 is 5.32 Å². The van der Waals surface area contributed by atoms with Gasteiger partial charge in [0.25, 0.3) is 0 Å². The zero-order valence-corrected chi connectivity index (χ0v) is 18.1. The van der Waals surface area contributed by atoms with Gasteiger partial charge in [0.1, 0.15) is 0 Å². The third kappa shape index (κ3) is 4.53. The lowest BCUT2D eigenvalue weighted by Gasteiger charge is -2.32. The first-order valence-electron chi connectivity index (χ1n) is 10.0. The van der Waals surface area contributed by atoms with E-state index in [2.05, 4.69) is 22.2 Å². The van der Waals surface area contributed by atoms with Crippen molar-refractivity contribution in [2.75, 3.05) is 46.3 Å². The highest BCUT2D eigenvalue weighted by molar-refractivity contribution is 7.93. The summed E-state index contributed by atoms with van der Waals surface area (Å²) in [6, 6.07) is 6.12. The molecule has 0 spiro atoms. The summed E-state index contributed by atoms with van der Waals surface area (Å²) in [4.78, 5) is 17.9. The fourth-order valence-corrected chi connectivity index (χ4v) is 6.35. The van der Waals surface area contributed by atoms with E-state index in [1.807, 2.05) is 0 Å². The largest absolute Gasteiger partial charge is 0.355 e. The minimum absolute atomic E-state index is 0.173. The Hall–Kier alpha value is -1.15. The van der Waals surface area contributed by atoms with E-state index in [1.54, 1.807) is 12.1 Å². The smallest absolute Gasteiger partial charge is 0.241 e. The number of rotatable bonds is 7. The van der Waals surface area contributed by atoms with Gasteiger partial charge >= 0.3 is 0 Å². The lowest BCUT2D eigenvalue weighted by atomic mass is 10.1. The maximum absolute atomic E-state index is 13.3. The van der Waals surface area contributed by atoms with Crippen molar-refractivity contribution in [3.05, 3.63) is 29.3 Å². The minimum atomic E-state index is -3.77. The van der Waals surface area contributed by atoms with Crippen molar-refractivity contribution in [2.24, 2.45) is 0 Å². The lowest BCUT2D eigenvalue weighted by molar-refractivity contribution is -0.123. The molecule has 2 aliphatic rings. The molecule has 1 aliphatic heterocycles. The number of likely N-dealkylation sites (N-methyl/N-ethyl adjacent to an activating group) is 1. The first-order chi connectivity index (χ1) is 13.3. The van der Waals surface area contributed by atoms with Crippen LogP contribution >= 0.6 is 11.6 Å². The van der Waals surface area contributed by atoms with Crippen LogP contribution in [0.15, 0.2) is 29.2 Å². The summed E-state index contributed by atoms with van der Waals surface area (Å²) in [5.74, 6) is -0.349. The number of hydrogen-bond acceptors (Lipinski definition) is 5. The standard InChI is InChI=1S/C20H30ClN3O3S/c1-23-13-15-24(16-14-23)12-4-11-22-19(25)20(9-2-3-10-20)28(26,27)18-7-5-17(21)6-8-18/h5-8H,2-4,9-16H2,1H3,(H,22,25). The van der Waals surface area contributed by atoms with Crippen molar-refractivity contribution in [1.82, 2.24) is 15.1 Å². The summed E-state index contributed by atoms with van der Waals surface area (Å²) in [5, 5.41) is 3.40. The molecular weight excluding hydrogens is 398 g/mol. The van der Waals surface area contributed by atoms with Crippen LogP contribution in [0, 0.1) is 0 Å². The van der Waals surface area contributed by atoms with Crippen LogP contribution in [0.5, 0.6) is 0 Å². The number of benzene rings is 1. The van der Waals surface area contributed by atoms with Gasteiger partial charge in [-0.1, -0.05) is 24.4 Å². The molecule has 2 fully saturated rings. The number of amides is 1. The van der Waals surface area contributed by atoms with Crippen molar-refractivity contribution >= 4 is 27.3 Å². The maximum Gasteiger partial charge on any atom is 0.241 e. The molecule has 0 unspecified atom stereocenters. The van der Waals surface area contributed by atoms with Crippen LogP contribution in [-0.2, 0) is 14.6 Å². The number of nitrogens with zero attached hydrogens (tertiary/aromatic N) is 2. The Morgan fingerprint density at radius 3 is 2.32 bits per heavy atom. The second-order valence-corrected chi connectivity index (χ2v) is 10.6. The van der Waals surface area contributed by atoms with E-state index in [9.17, 15) is 13.2 Å². The lowest BCUT2D eigenvalue weighted by Crippen LogP contribution is -2.51. The van der Waals surface area contributed by atoms with Crippen molar-refractivity contribution in [3.8, 4) is 0 Å². The quantitative estimate of drug-likeness (QED) is 0.675. The van der Waals surface area contributed by atoms with Gasteiger partial charge in [0.15, 0.2) is 14.6 Å². The van der Waals surface area contributed by atoms with Crippen molar-refractivity contribution in [1.29, 1.82) is 0 Å². The first-order valence-corrected chi connectivity index (χ1v) is 11.9. The molecule has 1 aliphatic carbocycles. The highest BCUT2D eigenvalue weighted by Gasteiger charge is 2.52. The van der Waals surface area contributed by atoms with E-state index in [4.69, 9.17) is 11.6 Å². The molecule has 1 amide bonds. The molecule has 1 aromatic rings. The van der Waals surface area contributed by atoms with Gasteiger partial charge < -0.3 is 15.1 Å². The summed E-state index contributed by atoms with van der Waals surface area (Å²) < 4.78 is 25.3. The van der Waals surface area contributed by atoms with Crippen LogP contribution in [-0.4, -0.2) is 75.2 Å². The molecule has 1 heterocycles. The Balaban J connectivity index is 1.61. The zero-order valence-electron chi connectivity index (χ0n) is 16.5. The van der Waals surface area contributed by atoms with Gasteiger partial charge in [-0.05, 0) is 57.1 Å². The normalized spacial score (nSPS) is 20.9. The molecule has 1 saturated heterocycles. The van der Waals surface area contributed by atoms with Gasteiger partial charge in [-0.25, -0.2) is 8.42 Å². The Morgan fingerprint density at radius 1 is 1.11 bits per heavy atom. The van der Waals surface area contributed by atoms with E-state index in [-0.39, 0.29) is 10.8 Å². The first kappa shape index (κ1) is 21.6. The van der Waals surface area contributed by atoms with Crippen LogP contribution in [0.25, 0.3) is 0 Å². The van der Waals surface area contributed by atoms with Crippen molar-refractivity contribution in [2.45, 2.75) is 41.7 Å². The van der Waals surface area contributed by atoms with Gasteiger partial charge in [-0.2, -0.15) is 0 Å². The van der Waals surface area contributed by atoms with Gasteiger partial charge in [0.05, 0.1) is 4.90 Å². The van der Waals surface area contributed by atoms with Crippen LogP contribution in [0.4, 0.5) is 0 Å². The number of piperazine rings is 1. The van der Waals surface area contributed by atoms with Crippen LogP contribution in [0.2, 0.25) is 5.02 Å². The molecule has 0 bridgehead atoms. The molecule has 6 nitrogen and oxygen atoms in total. The van der Waals surface area contributed by atoms with Crippen molar-refractivity contribution < 1.29 is 13.2 Å². The minimum Gasteiger partial charge on any atom is -0.355 e. The van der Waals surface area contributed by atoms with E-state index in [0.717, 1.165) is 52.0 Å². The molecule has 3 rings (SSSR count). The van der Waals surface area contributed by atoms with E-state index in [0.29, 0.717) is 24.4 Å². The van der Waals surface area contributed by atoms with Gasteiger partial charge in [0.2, 0.25) is 5.91 Å². The average molecular weight is 428 g/mol. The van der Waals surface area contributed by atoms with E-state index >= 15 is 0 Å². The second kappa shape index (κ2) is 9.11. The number of sulfone groups is 1. The molecule has 8 heteroatoms. The second-order valence-electron chi connectivity index (χ2n) is 7.91. The molecule has 1 N–H and O–H groups in total. The van der Waals surface area contributed by atoms with Crippen LogP contribution in [0.1, 0.15) is 32.1 Å². The molecule has 1 saturated carbocycles. The third-order valence-electron chi connectivity index (χ3n) is 6.00. The molecule has 28 heavy (non-hydrogen) atoms. The highest BCUT2D eigenvalue weighted by Crippen LogP contribution is 2.41. The Labute approximate surface area is 173 Å². The van der Waals surface area contributed by atoms with Gasteiger partial charge in [-0.15, -0.1) is 0 Å². The Bertz CT molecular complexity index is 768. The molecular formula is C20H30ClN3O3S. The molecule has 0 radical (unpaired) electrons. The van der Waals surface area contributed by atoms with E-state index in [1.165, 1.54) is 12.1 Å². The Kier molecular flexibility index (Phi) is 7.02. The fraction of sp³-hybridized carbons (Fsp3) is 0.650. The number of carbonyl (C=O) groups is 1. The van der Waals surface area contributed by atoms with Crippen LogP contribution in [0.3, 0.4) is 0 Å². The summed E-state index contributed by atoms with van der Waals surface area (Å²) in [5.41, 5.74) is 0. The summed E-state index contributed by atoms with van der Waals surface area (Å²) in [7, 11) is -1.64. The summed E-state index contributed by atoms with van der Waals surface area (Å²) >= 11 is 5.89. The monoisotopic (exact) mass is 427 g/mol. The number of carbonyl (C=O) groups excluding carboxylic acids is 1. The highest BCUT2D eigenvalue weighted by atomic mass is 35.5. The maximum atomic E-state index is 13.3. The summed E-state index contributed by atoms with van der Waals surface area (Å²) in [6.45, 7) is 5.64. The number of nitrogens with one attached hydrogen (secondary N) is 1. The predicted octanol–water partition coefficient (Wildman–Crippen LogP) is 2.18. The molecule has 1 aromatic carbocycles. The Morgan fingerprint density at radius 2 is 1.71 bits per heavy atom.